The number of aryl methyl sites for hydroxylation is 1. The van der Waals surface area contributed by atoms with E-state index in [0.29, 0.717) is 57.0 Å². The molecule has 1 aliphatic rings. The molecule has 0 aliphatic carbocycles. The highest BCUT2D eigenvalue weighted by atomic mass is 16.5. The molecule has 0 spiro atoms. The van der Waals surface area contributed by atoms with Crippen molar-refractivity contribution in [2.45, 2.75) is 5.92 Å². The summed E-state index contributed by atoms with van der Waals surface area (Å²) in [6.07, 6.45) is 4.99. The molecule has 3 heterocycles. The summed E-state index contributed by atoms with van der Waals surface area (Å²) in [6.45, 7) is 1.31. The highest BCUT2D eigenvalue weighted by Crippen LogP contribution is 2.37. The van der Waals surface area contributed by atoms with Crippen LogP contribution in [0.5, 0.6) is 0 Å². The highest BCUT2D eigenvalue weighted by molar-refractivity contribution is 6.24. The van der Waals surface area contributed by atoms with E-state index in [1.807, 2.05) is 37.2 Å². The van der Waals surface area contributed by atoms with E-state index in [0.717, 1.165) is 6.54 Å². The van der Waals surface area contributed by atoms with Crippen LogP contribution >= 0.6 is 0 Å². The number of ether oxygens (including phenoxy) is 1. The van der Waals surface area contributed by atoms with Crippen LogP contribution in [0.4, 0.5) is 11.4 Å². The van der Waals surface area contributed by atoms with Gasteiger partial charge in [-0.05, 0) is 55.6 Å². The molecular formula is C30H31N7O4. The third-order valence-electron chi connectivity index (χ3n) is 7.03. The lowest BCUT2D eigenvalue weighted by Gasteiger charge is -2.19. The molecule has 5 rings (SSSR count). The summed E-state index contributed by atoms with van der Waals surface area (Å²) in [5, 5.41) is 2.89. The monoisotopic (exact) mass is 553 g/mol. The maximum atomic E-state index is 13.4. The fourth-order valence-electron chi connectivity index (χ4n) is 4.80. The van der Waals surface area contributed by atoms with Crippen molar-refractivity contribution < 1.29 is 19.1 Å². The number of esters is 1. The second-order valence-electron chi connectivity index (χ2n) is 10.2. The number of likely N-dealkylation sites (N-methyl/N-ethyl adjacent to an activating group) is 2. The zero-order chi connectivity index (χ0) is 29.3. The normalized spacial score (nSPS) is 14.7. The number of aromatic nitrogens is 3. The Morgan fingerprint density at radius 3 is 2.46 bits per heavy atom. The van der Waals surface area contributed by atoms with Gasteiger partial charge in [-0.2, -0.15) is 0 Å². The van der Waals surface area contributed by atoms with Crippen molar-refractivity contribution in [3.8, 4) is 0 Å². The van der Waals surface area contributed by atoms with Crippen molar-refractivity contribution in [1.29, 1.82) is 0 Å². The average molecular weight is 554 g/mol. The molecule has 1 N–H and O–H groups in total. The molecule has 1 atom stereocenters. The maximum absolute atomic E-state index is 13.4. The first-order valence-electron chi connectivity index (χ1n) is 13.1. The summed E-state index contributed by atoms with van der Waals surface area (Å²) in [4.78, 5) is 56.2. The van der Waals surface area contributed by atoms with E-state index in [2.05, 4.69) is 15.3 Å². The minimum atomic E-state index is -0.770. The van der Waals surface area contributed by atoms with Gasteiger partial charge in [0, 0.05) is 51.5 Å². The number of methoxy groups -OCH3 is 1. The Balaban J connectivity index is 1.60. The average Bonchev–Trinajstić information content (AvgIpc) is 3.50. The second kappa shape index (κ2) is 11.3. The molecule has 0 radical (unpaired) electrons. The number of anilines is 1. The molecule has 0 saturated carbocycles. The maximum Gasteiger partial charge on any atom is 0.337 e. The number of fused-ring (bicyclic) bond motifs is 2. The van der Waals surface area contributed by atoms with E-state index < -0.39 is 11.9 Å². The predicted octanol–water partition coefficient (Wildman–Crippen LogP) is 3.25. The van der Waals surface area contributed by atoms with Gasteiger partial charge in [-0.3, -0.25) is 24.5 Å². The molecule has 2 aromatic carbocycles. The lowest BCUT2D eigenvalue weighted by molar-refractivity contribution is -0.115. The van der Waals surface area contributed by atoms with E-state index in [1.54, 1.807) is 66.4 Å². The van der Waals surface area contributed by atoms with Crippen LogP contribution in [0.15, 0.2) is 66.0 Å². The van der Waals surface area contributed by atoms with Crippen molar-refractivity contribution in [1.82, 2.24) is 24.3 Å². The number of nitrogens with one attached hydrogen (secondary N) is 1. The molecule has 4 aromatic rings. The number of hydrogen-bond donors (Lipinski definition) is 1. The summed E-state index contributed by atoms with van der Waals surface area (Å²) in [7, 11) is 8.79. The molecular weight excluding hydrogens is 522 g/mol. The summed E-state index contributed by atoms with van der Waals surface area (Å²) in [6, 6.07) is 12.2. The van der Waals surface area contributed by atoms with Gasteiger partial charge in [-0.25, -0.2) is 4.79 Å². The van der Waals surface area contributed by atoms with E-state index in [9.17, 15) is 14.4 Å². The topological polar surface area (TPSA) is 122 Å². The quantitative estimate of drug-likeness (QED) is 0.263. The van der Waals surface area contributed by atoms with Gasteiger partial charge in [0.2, 0.25) is 5.91 Å². The van der Waals surface area contributed by atoms with Crippen molar-refractivity contribution in [2.24, 2.45) is 12.0 Å². The van der Waals surface area contributed by atoms with Crippen molar-refractivity contribution in [3.63, 3.8) is 0 Å². The Bertz CT molecular complexity index is 1690. The van der Waals surface area contributed by atoms with Crippen molar-refractivity contribution >= 4 is 45.9 Å². The molecule has 210 valence electrons. The zero-order valence-electron chi connectivity index (χ0n) is 23.6. The van der Waals surface area contributed by atoms with Crippen LogP contribution in [0.1, 0.15) is 37.9 Å². The van der Waals surface area contributed by atoms with Crippen LogP contribution in [-0.2, 0) is 16.6 Å². The zero-order valence-corrected chi connectivity index (χ0v) is 23.6. The first-order valence-corrected chi connectivity index (χ1v) is 13.1. The van der Waals surface area contributed by atoms with Crippen molar-refractivity contribution in [3.05, 3.63) is 83.4 Å². The van der Waals surface area contributed by atoms with Crippen LogP contribution in [-0.4, -0.2) is 89.2 Å². The molecule has 0 saturated heterocycles. The Labute approximate surface area is 237 Å². The molecule has 1 aliphatic heterocycles. The summed E-state index contributed by atoms with van der Waals surface area (Å²) in [5.74, 6) is -1.68. The number of nitrogens with zero attached hydrogens (tertiary/aromatic N) is 6. The Kier molecular flexibility index (Phi) is 7.62. The highest BCUT2D eigenvalue weighted by Gasteiger charge is 2.36. The number of hydrogen-bond acceptors (Lipinski definition) is 8. The number of amides is 2. The number of rotatable bonds is 8. The summed E-state index contributed by atoms with van der Waals surface area (Å²) >= 11 is 0. The lowest BCUT2D eigenvalue weighted by atomic mass is 9.90. The minimum absolute atomic E-state index is 0.127. The SMILES string of the molecule is COC(=O)c1ccc2c(c1)NC(=O)C2C(=Nc1cc(C(=O)N(C)CCN(C)C)n(C)c1)c1ccc2nccnc2c1. The molecule has 41 heavy (non-hydrogen) atoms. The van der Waals surface area contributed by atoms with Crippen LogP contribution in [0.2, 0.25) is 0 Å². The third kappa shape index (κ3) is 5.57. The molecule has 11 nitrogen and oxygen atoms in total. The minimum Gasteiger partial charge on any atom is -0.465 e. The first kappa shape index (κ1) is 27.7. The van der Waals surface area contributed by atoms with Gasteiger partial charge in [-0.15, -0.1) is 0 Å². The molecule has 11 heteroatoms. The van der Waals surface area contributed by atoms with E-state index in [-0.39, 0.29) is 11.8 Å². The van der Waals surface area contributed by atoms with E-state index >= 15 is 0 Å². The second-order valence-corrected chi connectivity index (χ2v) is 10.2. The Morgan fingerprint density at radius 2 is 1.73 bits per heavy atom. The van der Waals surface area contributed by atoms with Gasteiger partial charge in [-0.1, -0.05) is 12.1 Å². The van der Waals surface area contributed by atoms with Crippen LogP contribution in [0.25, 0.3) is 11.0 Å². The third-order valence-corrected chi connectivity index (χ3v) is 7.03. The summed E-state index contributed by atoms with van der Waals surface area (Å²) in [5.41, 5.74) is 5.06. The lowest BCUT2D eigenvalue weighted by Crippen LogP contribution is -2.34. The van der Waals surface area contributed by atoms with Gasteiger partial charge < -0.3 is 24.4 Å². The molecule has 0 fully saturated rings. The van der Waals surface area contributed by atoms with Crippen LogP contribution in [0, 0.1) is 0 Å². The first-order chi connectivity index (χ1) is 19.7. The van der Waals surface area contributed by atoms with Gasteiger partial charge in [0.15, 0.2) is 0 Å². The molecule has 2 aromatic heterocycles. The van der Waals surface area contributed by atoms with Gasteiger partial charge >= 0.3 is 5.97 Å². The standard InChI is InChI=1S/C30H31N7O4/c1-35(2)12-13-36(3)29(39)25-16-20(17-37(25)4)33-27(18-7-9-22-24(14-18)32-11-10-31-22)26-21-8-6-19(30(40)41-5)15-23(21)34-28(26)38/h6-11,14-17,26H,12-13H2,1-5H3,(H,34,38). The largest absolute Gasteiger partial charge is 0.465 e. The number of carbonyl (C=O) groups is 3. The van der Waals surface area contributed by atoms with E-state index in [4.69, 9.17) is 9.73 Å². The van der Waals surface area contributed by atoms with Gasteiger partial charge in [0.25, 0.3) is 5.91 Å². The van der Waals surface area contributed by atoms with Crippen LogP contribution in [0.3, 0.4) is 0 Å². The fourth-order valence-corrected chi connectivity index (χ4v) is 4.80. The Morgan fingerprint density at radius 1 is 1.00 bits per heavy atom. The van der Waals surface area contributed by atoms with Gasteiger partial charge in [0.05, 0.1) is 35.1 Å². The number of carbonyl (C=O) groups excluding carboxylic acids is 3. The van der Waals surface area contributed by atoms with Gasteiger partial charge in [0.1, 0.15) is 11.6 Å². The molecule has 1 unspecified atom stereocenters. The van der Waals surface area contributed by atoms with E-state index in [1.165, 1.54) is 7.11 Å². The molecule has 2 amide bonds. The molecule has 0 bridgehead atoms. The smallest absolute Gasteiger partial charge is 0.337 e. The van der Waals surface area contributed by atoms with Crippen molar-refractivity contribution in [2.75, 3.05) is 46.7 Å². The van der Waals surface area contributed by atoms with Crippen LogP contribution < -0.4 is 5.32 Å². The predicted molar refractivity (Wildman–Crippen MR) is 156 cm³/mol. The summed E-state index contributed by atoms with van der Waals surface area (Å²) < 4.78 is 6.58. The Hall–Kier alpha value is -4.90. The fraction of sp³-hybridized carbons (Fsp3) is 0.267. The number of aliphatic imine (C=N–C) groups is 1. The number of benzene rings is 2.